The fourth-order valence-corrected chi connectivity index (χ4v) is 5.80. The molecule has 5 rings (SSSR count). The largest absolute Gasteiger partial charge is 0.370 e. The summed E-state index contributed by atoms with van der Waals surface area (Å²) in [4.78, 5) is 19.8. The molecular weight excluding hydrogens is 585 g/mol. The van der Waals surface area contributed by atoms with E-state index in [1.807, 2.05) is 36.1 Å². The molecule has 0 aliphatic carbocycles. The molecule has 4 aromatic rings. The molecule has 1 fully saturated rings. The maximum Gasteiger partial charge on any atom is 0.310 e. The molecule has 3 heterocycles. The van der Waals surface area contributed by atoms with Crippen LogP contribution in [0.1, 0.15) is 35.1 Å². The number of nitrogens with zero attached hydrogens (tertiary/aromatic N) is 4. The summed E-state index contributed by atoms with van der Waals surface area (Å²) in [6.07, 6.45) is 3.01. The van der Waals surface area contributed by atoms with Gasteiger partial charge in [0.05, 0.1) is 10.7 Å². The number of nitrogens with one attached hydrogen (secondary N) is 1. The summed E-state index contributed by atoms with van der Waals surface area (Å²) < 4.78 is 67.0. The van der Waals surface area contributed by atoms with Crippen LogP contribution in [0.2, 0.25) is 5.02 Å². The van der Waals surface area contributed by atoms with Crippen LogP contribution >= 0.6 is 21.8 Å². The average Bonchev–Trinajstić information content (AvgIpc) is 3.10. The van der Waals surface area contributed by atoms with Crippen LogP contribution in [0.4, 0.5) is 30.8 Å². The van der Waals surface area contributed by atoms with Crippen LogP contribution in [0.25, 0.3) is 5.65 Å². The number of carbonyl (C=O) groups excluding carboxylic acids is 1. The molecule has 2 aromatic carbocycles. The Bertz CT molecular complexity index is 1580. The Morgan fingerprint density at radius 2 is 1.46 bits per heavy atom. The number of aromatic nitrogens is 2. The lowest BCUT2D eigenvalue weighted by Gasteiger charge is -2.40. The fourth-order valence-electron chi connectivity index (χ4n) is 4.99. The molecule has 2 aromatic heterocycles. The van der Waals surface area contributed by atoms with Gasteiger partial charge in [0.2, 0.25) is 0 Å². The molecule has 0 spiro atoms. The van der Waals surface area contributed by atoms with Crippen molar-refractivity contribution in [2.45, 2.75) is 31.2 Å². The molecule has 1 N–H and O–H groups in total. The second kappa shape index (κ2) is 10.1. The summed E-state index contributed by atoms with van der Waals surface area (Å²) in [6.45, 7) is 4.70. The molecule has 1 aliphatic rings. The monoisotopic (exact) mass is 613 g/mol. The van der Waals surface area contributed by atoms with E-state index in [4.69, 9.17) is 11.6 Å². The van der Waals surface area contributed by atoms with Crippen LogP contribution < -0.4 is 15.1 Å². The van der Waals surface area contributed by atoms with E-state index in [9.17, 15) is 24.2 Å². The maximum atomic E-state index is 13.1. The first-order valence-corrected chi connectivity index (χ1v) is 15.4. The second-order valence-electron chi connectivity index (χ2n) is 9.98. The molecule has 13 heteroatoms. The number of amides is 1. The van der Waals surface area contributed by atoms with E-state index in [1.165, 1.54) is 0 Å². The van der Waals surface area contributed by atoms with E-state index in [0.717, 1.165) is 36.3 Å². The van der Waals surface area contributed by atoms with Crippen LogP contribution in [0, 0.1) is 0 Å². The fraction of sp³-hybridized carbons (Fsp3) is 0.286. The van der Waals surface area contributed by atoms with Gasteiger partial charge in [0.15, 0.2) is 0 Å². The van der Waals surface area contributed by atoms with E-state index in [1.54, 1.807) is 22.7 Å². The van der Waals surface area contributed by atoms with Crippen LogP contribution in [-0.4, -0.2) is 41.5 Å². The predicted molar refractivity (Wildman–Crippen MR) is 154 cm³/mol. The number of hydrogen-bond acceptors (Lipinski definition) is 4. The molecular formula is C28H29ClF5N5OS. The Morgan fingerprint density at radius 3 is 2.02 bits per heavy atom. The highest BCUT2D eigenvalue weighted by molar-refractivity contribution is 8.45. The third kappa shape index (κ3) is 6.54. The predicted octanol–water partition coefficient (Wildman–Crippen LogP) is 7.85. The van der Waals surface area contributed by atoms with Gasteiger partial charge in [-0.3, -0.25) is 9.20 Å². The van der Waals surface area contributed by atoms with Gasteiger partial charge >= 0.3 is 10.2 Å². The third-order valence-electron chi connectivity index (χ3n) is 7.10. The molecule has 220 valence electrons. The lowest BCUT2D eigenvalue weighted by atomic mass is 10.2. The van der Waals surface area contributed by atoms with E-state index >= 15 is 0 Å². The Labute approximate surface area is 239 Å². The molecule has 0 atom stereocenters. The number of hydrogen-bond donors (Lipinski definition) is 1. The van der Waals surface area contributed by atoms with Crippen LogP contribution in [-0.2, 0) is 13.0 Å². The molecule has 41 heavy (non-hydrogen) atoms. The van der Waals surface area contributed by atoms with Crippen molar-refractivity contribution in [2.75, 3.05) is 36.0 Å². The number of rotatable bonds is 7. The SMILES string of the molecule is CCc1nc2ccc(Cl)cn2c1C(=O)NCc1ccc(N2CCCN(c3ccc(S(F)(F)(F)(F)F)cc3)CC2)cc1. The van der Waals surface area contributed by atoms with E-state index in [2.05, 4.69) is 15.2 Å². The number of halogens is 6. The zero-order chi connectivity index (χ0) is 29.5. The molecule has 0 radical (unpaired) electrons. The van der Waals surface area contributed by atoms with Crippen LogP contribution in [0.15, 0.2) is 71.8 Å². The van der Waals surface area contributed by atoms with Crippen LogP contribution in [0.5, 0.6) is 0 Å². The normalized spacial score (nSPS) is 16.3. The molecule has 0 unspecified atom stereocenters. The van der Waals surface area contributed by atoms with Gasteiger partial charge in [0.25, 0.3) is 5.91 Å². The van der Waals surface area contributed by atoms with E-state index in [0.29, 0.717) is 72.5 Å². The highest BCUT2D eigenvalue weighted by atomic mass is 35.5. The number of anilines is 2. The zero-order valence-corrected chi connectivity index (χ0v) is 23.7. The van der Waals surface area contributed by atoms with Gasteiger partial charge in [-0.15, -0.1) is 0 Å². The number of pyridine rings is 1. The summed E-state index contributed by atoms with van der Waals surface area (Å²) in [5.74, 6) is -0.248. The van der Waals surface area contributed by atoms with Gasteiger partial charge in [0, 0.05) is 50.3 Å². The van der Waals surface area contributed by atoms with Crippen molar-refractivity contribution in [3.8, 4) is 0 Å². The van der Waals surface area contributed by atoms with Gasteiger partial charge in [0.1, 0.15) is 16.2 Å². The number of fused-ring (bicyclic) bond motifs is 1. The molecule has 6 nitrogen and oxygen atoms in total. The smallest absolute Gasteiger partial charge is 0.310 e. The standard InChI is InChI=1S/C28H29ClF5N5OS/c1-2-25-27(39-19-21(29)6-13-26(39)36-25)28(40)35-18-20-4-7-22(8-5-20)37-14-3-15-38(17-16-37)23-9-11-24(12-10-23)41(30,31,32,33)34/h4-13,19H,2-3,14-18H2,1H3,(H,35,40). The third-order valence-corrected chi connectivity index (χ3v) is 8.49. The highest BCUT2D eigenvalue weighted by Crippen LogP contribution is 3.02. The minimum atomic E-state index is -9.69. The van der Waals surface area contributed by atoms with Gasteiger partial charge < -0.3 is 15.1 Å². The topological polar surface area (TPSA) is 52.9 Å². The quantitative estimate of drug-likeness (QED) is 0.216. The van der Waals surface area contributed by atoms with Crippen LogP contribution in [0.3, 0.4) is 0 Å². The van der Waals surface area contributed by atoms with Gasteiger partial charge in [-0.05, 0) is 66.9 Å². The van der Waals surface area contributed by atoms with Crippen molar-refractivity contribution in [2.24, 2.45) is 0 Å². The van der Waals surface area contributed by atoms with Crippen molar-refractivity contribution >= 4 is 44.8 Å². The Hall–Kier alpha value is -3.51. The Morgan fingerprint density at radius 1 is 0.878 bits per heavy atom. The van der Waals surface area contributed by atoms with Crippen molar-refractivity contribution < 1.29 is 24.2 Å². The van der Waals surface area contributed by atoms with Gasteiger partial charge in [-0.1, -0.05) is 50.1 Å². The maximum absolute atomic E-state index is 13.1. The van der Waals surface area contributed by atoms with Crippen molar-refractivity contribution in [3.05, 3.63) is 88.8 Å². The lowest BCUT2D eigenvalue weighted by Crippen LogP contribution is -2.30. The first kappa shape index (κ1) is 29.0. The van der Waals surface area contributed by atoms with Crippen molar-refractivity contribution in [3.63, 3.8) is 0 Å². The van der Waals surface area contributed by atoms with E-state index in [-0.39, 0.29) is 5.91 Å². The zero-order valence-electron chi connectivity index (χ0n) is 22.2. The number of carbonyl (C=O) groups is 1. The highest BCUT2D eigenvalue weighted by Gasteiger charge is 2.65. The summed E-state index contributed by atoms with van der Waals surface area (Å²) in [5.41, 5.74) is 4.15. The molecule has 1 saturated heterocycles. The summed E-state index contributed by atoms with van der Waals surface area (Å²) in [6, 6.07) is 14.4. The Balaban J connectivity index is 1.20. The summed E-state index contributed by atoms with van der Waals surface area (Å²) in [5, 5.41) is 3.46. The van der Waals surface area contributed by atoms with Gasteiger partial charge in [-0.2, -0.15) is 0 Å². The molecule has 0 saturated carbocycles. The van der Waals surface area contributed by atoms with Crippen molar-refractivity contribution in [1.29, 1.82) is 0 Å². The summed E-state index contributed by atoms with van der Waals surface area (Å²) in [7, 11) is -9.69. The van der Waals surface area contributed by atoms with Gasteiger partial charge in [-0.25, -0.2) is 4.98 Å². The first-order valence-electron chi connectivity index (χ1n) is 13.1. The lowest BCUT2D eigenvalue weighted by molar-refractivity contribution is 0.0944. The molecule has 1 aliphatic heterocycles. The van der Waals surface area contributed by atoms with Crippen molar-refractivity contribution in [1.82, 2.24) is 14.7 Å². The van der Waals surface area contributed by atoms with E-state index < -0.39 is 15.1 Å². The number of imidazole rings is 1. The molecule has 1 amide bonds. The number of aryl methyl sites for hydroxylation is 1. The first-order chi connectivity index (χ1) is 19.2. The second-order valence-corrected chi connectivity index (χ2v) is 12.8. The number of benzene rings is 2. The average molecular weight is 614 g/mol. The molecule has 0 bridgehead atoms. The minimum absolute atomic E-state index is 0.248. The Kier molecular flexibility index (Phi) is 7.14. The summed E-state index contributed by atoms with van der Waals surface area (Å²) >= 11 is 6.13. The minimum Gasteiger partial charge on any atom is -0.370 e.